The number of hydrogen-bond donors (Lipinski definition) is 0. The zero-order chi connectivity index (χ0) is 9.40. The third-order valence-corrected chi connectivity index (χ3v) is 2.07. The van der Waals surface area contributed by atoms with Crippen molar-refractivity contribution < 1.29 is 4.39 Å². The molecule has 0 aliphatic heterocycles. The molecule has 1 nitrogen and oxygen atoms in total. The van der Waals surface area contributed by atoms with Gasteiger partial charge in [0.2, 0.25) is 0 Å². The number of hydrogen-bond acceptors (Lipinski definition) is 1. The first-order chi connectivity index (χ1) is 5.72. The molecule has 0 aromatic heterocycles. The topological polar surface area (TPSA) is 3.24 Å². The highest BCUT2D eigenvalue weighted by molar-refractivity contribution is 7.79. The van der Waals surface area contributed by atoms with Crippen molar-refractivity contribution in [2.24, 2.45) is 0 Å². The lowest BCUT2D eigenvalue weighted by Crippen LogP contribution is -2.28. The summed E-state index contributed by atoms with van der Waals surface area (Å²) in [7, 11) is 0. The van der Waals surface area contributed by atoms with E-state index in [1.54, 1.807) is 4.90 Å². The zero-order valence-corrected chi connectivity index (χ0v) is 8.79. The lowest BCUT2D eigenvalue weighted by atomic mass is 10.3. The summed E-state index contributed by atoms with van der Waals surface area (Å²) in [5, 5.41) is -0.447. The molecule has 0 aromatic carbocycles. The van der Waals surface area contributed by atoms with E-state index in [-0.39, 0.29) is 0 Å². The summed E-state index contributed by atoms with van der Waals surface area (Å²) in [6, 6.07) is 0. The van der Waals surface area contributed by atoms with Gasteiger partial charge in [0.15, 0.2) is 0 Å². The normalized spacial score (nSPS) is 9.92. The largest absolute Gasteiger partial charge is 0.339 e. The Morgan fingerprint density at radius 2 is 1.58 bits per heavy atom. The van der Waals surface area contributed by atoms with E-state index in [2.05, 4.69) is 26.1 Å². The molecular formula is C9H18FNS. The summed E-state index contributed by atoms with van der Waals surface area (Å²) in [6.45, 7) is 5.73. The molecule has 0 radical (unpaired) electrons. The van der Waals surface area contributed by atoms with Crippen LogP contribution in [0.5, 0.6) is 0 Å². The number of unbranched alkanes of at least 4 members (excludes halogenated alkanes) is 2. The number of rotatable bonds is 6. The van der Waals surface area contributed by atoms with Gasteiger partial charge in [0.1, 0.15) is 0 Å². The van der Waals surface area contributed by atoms with Gasteiger partial charge in [-0.15, -0.1) is 0 Å². The highest BCUT2D eigenvalue weighted by Crippen LogP contribution is 2.01. The molecule has 0 rings (SSSR count). The van der Waals surface area contributed by atoms with E-state index < -0.39 is 5.24 Å². The van der Waals surface area contributed by atoms with E-state index in [4.69, 9.17) is 0 Å². The number of thiocarbonyl (C=S) groups is 1. The maximum absolute atomic E-state index is 12.7. The molecule has 0 N–H and O–H groups in total. The van der Waals surface area contributed by atoms with Crippen LogP contribution in [0.15, 0.2) is 0 Å². The van der Waals surface area contributed by atoms with Crippen LogP contribution < -0.4 is 0 Å². The molecule has 0 aliphatic rings. The molecule has 0 saturated heterocycles. The fourth-order valence-corrected chi connectivity index (χ4v) is 1.17. The van der Waals surface area contributed by atoms with Crippen LogP contribution in [0.4, 0.5) is 4.39 Å². The van der Waals surface area contributed by atoms with Crippen molar-refractivity contribution in [2.45, 2.75) is 39.5 Å². The first-order valence-electron chi connectivity index (χ1n) is 4.66. The van der Waals surface area contributed by atoms with Crippen LogP contribution in [-0.4, -0.2) is 23.2 Å². The maximum Gasteiger partial charge on any atom is 0.255 e. The fraction of sp³-hybridized carbons (Fsp3) is 0.889. The van der Waals surface area contributed by atoms with Gasteiger partial charge in [-0.2, -0.15) is 4.39 Å². The average molecular weight is 191 g/mol. The van der Waals surface area contributed by atoms with E-state index in [0.717, 1.165) is 38.8 Å². The summed E-state index contributed by atoms with van der Waals surface area (Å²) < 4.78 is 12.7. The molecule has 0 bridgehead atoms. The highest BCUT2D eigenvalue weighted by Gasteiger charge is 2.06. The number of halogens is 1. The molecule has 72 valence electrons. The van der Waals surface area contributed by atoms with Gasteiger partial charge in [0.05, 0.1) is 0 Å². The summed E-state index contributed by atoms with van der Waals surface area (Å²) in [6.07, 6.45) is 4.22. The van der Waals surface area contributed by atoms with Gasteiger partial charge >= 0.3 is 0 Å². The van der Waals surface area contributed by atoms with Crippen molar-refractivity contribution >= 4 is 17.5 Å². The maximum atomic E-state index is 12.7. The molecule has 0 amide bonds. The summed E-state index contributed by atoms with van der Waals surface area (Å²) in [5.41, 5.74) is 0. The highest BCUT2D eigenvalue weighted by atomic mass is 32.1. The zero-order valence-electron chi connectivity index (χ0n) is 7.98. The van der Waals surface area contributed by atoms with Crippen LogP contribution in [0.3, 0.4) is 0 Å². The van der Waals surface area contributed by atoms with Crippen LogP contribution >= 0.6 is 12.2 Å². The Kier molecular flexibility index (Phi) is 7.36. The molecule has 0 spiro atoms. The minimum absolute atomic E-state index is 0.447. The van der Waals surface area contributed by atoms with Gasteiger partial charge in [0.25, 0.3) is 5.24 Å². The van der Waals surface area contributed by atoms with Gasteiger partial charge in [-0.3, -0.25) is 0 Å². The summed E-state index contributed by atoms with van der Waals surface area (Å²) in [5.74, 6) is 0. The summed E-state index contributed by atoms with van der Waals surface area (Å²) in [4.78, 5) is 1.66. The molecule has 0 fully saturated rings. The van der Waals surface area contributed by atoms with Crippen molar-refractivity contribution in [3.8, 4) is 0 Å². The lowest BCUT2D eigenvalue weighted by molar-refractivity contribution is 0.372. The first-order valence-corrected chi connectivity index (χ1v) is 5.07. The molecule has 3 heteroatoms. The predicted molar refractivity (Wildman–Crippen MR) is 55.1 cm³/mol. The minimum Gasteiger partial charge on any atom is -0.339 e. The Bertz CT molecular complexity index is 120. The molecule has 0 atom stereocenters. The van der Waals surface area contributed by atoms with Crippen molar-refractivity contribution in [1.82, 2.24) is 4.90 Å². The van der Waals surface area contributed by atoms with E-state index in [0.29, 0.717) is 0 Å². The Morgan fingerprint density at radius 3 is 1.83 bits per heavy atom. The predicted octanol–water partition coefficient (Wildman–Crippen LogP) is 3.14. The van der Waals surface area contributed by atoms with Crippen molar-refractivity contribution in [2.75, 3.05) is 13.1 Å². The van der Waals surface area contributed by atoms with Crippen molar-refractivity contribution in [1.29, 1.82) is 0 Å². The SMILES string of the molecule is CCCCN(CCCC)C(F)=S. The molecular weight excluding hydrogens is 173 g/mol. The van der Waals surface area contributed by atoms with Gasteiger partial charge in [-0.1, -0.05) is 26.7 Å². The van der Waals surface area contributed by atoms with Crippen LogP contribution in [0.25, 0.3) is 0 Å². The Balaban J connectivity index is 3.62. The molecule has 0 unspecified atom stereocenters. The smallest absolute Gasteiger partial charge is 0.255 e. The van der Waals surface area contributed by atoms with Gasteiger partial charge in [-0.25, -0.2) is 0 Å². The second kappa shape index (κ2) is 7.47. The number of nitrogens with zero attached hydrogens (tertiary/aromatic N) is 1. The second-order valence-electron chi connectivity index (χ2n) is 2.95. The lowest BCUT2D eigenvalue weighted by Gasteiger charge is -2.19. The van der Waals surface area contributed by atoms with Crippen LogP contribution in [0, 0.1) is 0 Å². The van der Waals surface area contributed by atoms with Crippen molar-refractivity contribution in [3.05, 3.63) is 0 Å². The average Bonchev–Trinajstić information content (AvgIpc) is 2.04. The third-order valence-electron chi connectivity index (χ3n) is 1.81. The van der Waals surface area contributed by atoms with Crippen LogP contribution in [-0.2, 0) is 0 Å². The van der Waals surface area contributed by atoms with Gasteiger partial charge < -0.3 is 4.90 Å². The monoisotopic (exact) mass is 191 g/mol. The molecule has 0 heterocycles. The van der Waals surface area contributed by atoms with Crippen molar-refractivity contribution in [3.63, 3.8) is 0 Å². The Hall–Kier alpha value is -0.180. The van der Waals surface area contributed by atoms with E-state index in [9.17, 15) is 4.39 Å². The van der Waals surface area contributed by atoms with Gasteiger partial charge in [-0.05, 0) is 25.1 Å². The second-order valence-corrected chi connectivity index (χ2v) is 3.28. The Labute approximate surface area is 79.9 Å². The molecule has 0 aliphatic carbocycles. The minimum atomic E-state index is -0.447. The van der Waals surface area contributed by atoms with E-state index in [1.165, 1.54) is 0 Å². The van der Waals surface area contributed by atoms with Crippen LogP contribution in [0.2, 0.25) is 0 Å². The standard InChI is InChI=1S/C9H18FNS/c1-3-5-7-11(9(10)12)8-6-4-2/h3-8H2,1-2H3. The quantitative estimate of drug-likeness (QED) is 0.360. The molecule has 0 aromatic rings. The summed E-state index contributed by atoms with van der Waals surface area (Å²) >= 11 is 4.50. The third kappa shape index (κ3) is 5.47. The Morgan fingerprint density at radius 1 is 1.17 bits per heavy atom. The fourth-order valence-electron chi connectivity index (χ4n) is 0.986. The molecule has 0 saturated carbocycles. The van der Waals surface area contributed by atoms with Crippen LogP contribution in [0.1, 0.15) is 39.5 Å². The first kappa shape index (κ1) is 11.8. The molecule has 12 heavy (non-hydrogen) atoms. The van der Waals surface area contributed by atoms with Gasteiger partial charge in [0, 0.05) is 13.1 Å². The van der Waals surface area contributed by atoms with E-state index in [1.807, 2.05) is 0 Å². The van der Waals surface area contributed by atoms with E-state index >= 15 is 0 Å².